The minimum atomic E-state index is -0.534. The van der Waals surface area contributed by atoms with Crippen LogP contribution in [0.25, 0.3) is 5.69 Å². The molecule has 0 fully saturated rings. The molecule has 0 unspecified atom stereocenters. The van der Waals surface area contributed by atoms with Gasteiger partial charge in [-0.25, -0.2) is 9.78 Å². The Hall–Kier alpha value is -2.85. The van der Waals surface area contributed by atoms with Gasteiger partial charge in [0.05, 0.1) is 18.4 Å². The number of carbonyl (C=O) groups is 2. The van der Waals surface area contributed by atoms with Gasteiger partial charge in [0.25, 0.3) is 5.91 Å². The number of hydrogen-bond acceptors (Lipinski definition) is 8. The molecule has 0 aliphatic heterocycles. The molecule has 0 radical (unpaired) electrons. The summed E-state index contributed by atoms with van der Waals surface area (Å²) in [6.07, 6.45) is 2.01. The van der Waals surface area contributed by atoms with Gasteiger partial charge in [-0.3, -0.25) is 10.1 Å². The lowest BCUT2D eigenvalue weighted by Gasteiger charge is -2.08. The zero-order chi connectivity index (χ0) is 20.3. The second-order valence-electron chi connectivity index (χ2n) is 6.25. The maximum atomic E-state index is 12.8. The second kappa shape index (κ2) is 8.44. The molecular weight excluding hydrogens is 404 g/mol. The second-order valence-corrected chi connectivity index (χ2v) is 7.77. The van der Waals surface area contributed by atoms with Gasteiger partial charge in [0, 0.05) is 9.90 Å². The van der Waals surface area contributed by atoms with E-state index in [1.807, 2.05) is 13.8 Å². The molecule has 3 aromatic rings. The number of ether oxygens (including phenoxy) is 1. The number of halogens is 1. The number of tetrazole rings is 1. The third-order valence-electron chi connectivity index (χ3n) is 3.69. The first kappa shape index (κ1) is 19.9. The lowest BCUT2D eigenvalue weighted by atomic mass is 10.1. The Morgan fingerprint density at radius 2 is 2.14 bits per heavy atom. The van der Waals surface area contributed by atoms with Crippen molar-refractivity contribution in [2.24, 2.45) is 5.92 Å². The van der Waals surface area contributed by atoms with Crippen LogP contribution in [0.4, 0.5) is 5.13 Å². The fourth-order valence-corrected chi connectivity index (χ4v) is 3.82. The highest BCUT2D eigenvalue weighted by Crippen LogP contribution is 2.28. The molecule has 11 heteroatoms. The van der Waals surface area contributed by atoms with Crippen LogP contribution in [0.1, 0.15) is 39.6 Å². The van der Waals surface area contributed by atoms with Crippen molar-refractivity contribution < 1.29 is 14.3 Å². The normalized spacial score (nSPS) is 10.9. The van der Waals surface area contributed by atoms with E-state index in [1.54, 1.807) is 18.2 Å². The number of carbonyl (C=O) groups excluding carboxylic acids is 2. The molecule has 3 rings (SSSR count). The molecule has 1 amide bonds. The van der Waals surface area contributed by atoms with E-state index in [0.29, 0.717) is 33.7 Å². The molecule has 2 aromatic heterocycles. The fraction of sp³-hybridized carbons (Fsp3) is 0.294. The molecule has 0 aliphatic carbocycles. The van der Waals surface area contributed by atoms with Crippen LogP contribution >= 0.6 is 22.9 Å². The number of esters is 1. The number of thiazole rings is 1. The Kier molecular flexibility index (Phi) is 6.00. The molecule has 2 heterocycles. The van der Waals surface area contributed by atoms with Crippen molar-refractivity contribution in [3.63, 3.8) is 0 Å². The Balaban J connectivity index is 1.92. The van der Waals surface area contributed by atoms with Crippen LogP contribution < -0.4 is 5.32 Å². The molecule has 28 heavy (non-hydrogen) atoms. The van der Waals surface area contributed by atoms with Gasteiger partial charge in [0.2, 0.25) is 0 Å². The van der Waals surface area contributed by atoms with Gasteiger partial charge >= 0.3 is 5.97 Å². The third kappa shape index (κ3) is 4.34. The van der Waals surface area contributed by atoms with E-state index < -0.39 is 11.9 Å². The average Bonchev–Trinajstić information content (AvgIpc) is 3.30. The SMILES string of the molecule is COC(=O)c1nc(NC(=O)c2ccc(Cl)cc2-n2cnnn2)sc1CC(C)C. The molecule has 0 aliphatic rings. The Labute approximate surface area is 169 Å². The van der Waals surface area contributed by atoms with Crippen molar-refractivity contribution in [2.45, 2.75) is 20.3 Å². The first-order chi connectivity index (χ1) is 13.4. The highest BCUT2D eigenvalue weighted by atomic mass is 35.5. The molecule has 0 saturated carbocycles. The van der Waals surface area contributed by atoms with Gasteiger partial charge in [-0.2, -0.15) is 4.68 Å². The molecule has 0 saturated heterocycles. The largest absolute Gasteiger partial charge is 0.464 e. The molecule has 0 bridgehead atoms. The van der Waals surface area contributed by atoms with Gasteiger partial charge in [0.1, 0.15) is 6.33 Å². The first-order valence-electron chi connectivity index (χ1n) is 8.31. The summed E-state index contributed by atoms with van der Waals surface area (Å²) in [6.45, 7) is 4.07. The summed E-state index contributed by atoms with van der Waals surface area (Å²) < 4.78 is 6.14. The van der Waals surface area contributed by atoms with Gasteiger partial charge in [0.15, 0.2) is 10.8 Å². The van der Waals surface area contributed by atoms with Crippen LogP contribution in [-0.4, -0.2) is 44.2 Å². The average molecular weight is 421 g/mol. The minimum absolute atomic E-state index is 0.216. The summed E-state index contributed by atoms with van der Waals surface area (Å²) in [7, 11) is 1.30. The predicted octanol–water partition coefficient (Wildman–Crippen LogP) is 3.01. The van der Waals surface area contributed by atoms with Crippen LogP contribution in [0.3, 0.4) is 0 Å². The molecular formula is C17H17ClN6O3S. The first-order valence-corrected chi connectivity index (χ1v) is 9.50. The van der Waals surface area contributed by atoms with Crippen molar-refractivity contribution in [2.75, 3.05) is 12.4 Å². The van der Waals surface area contributed by atoms with E-state index in [2.05, 4.69) is 25.8 Å². The number of amides is 1. The lowest BCUT2D eigenvalue weighted by Crippen LogP contribution is -2.15. The summed E-state index contributed by atoms with van der Waals surface area (Å²) in [6, 6.07) is 4.74. The molecule has 0 atom stereocenters. The number of nitrogens with one attached hydrogen (secondary N) is 1. The number of benzene rings is 1. The summed E-state index contributed by atoms with van der Waals surface area (Å²) in [5, 5.41) is 14.4. The van der Waals surface area contributed by atoms with Crippen LogP contribution in [0, 0.1) is 5.92 Å². The number of hydrogen-bond donors (Lipinski definition) is 1. The quantitative estimate of drug-likeness (QED) is 0.610. The molecule has 1 N–H and O–H groups in total. The van der Waals surface area contributed by atoms with E-state index in [9.17, 15) is 9.59 Å². The van der Waals surface area contributed by atoms with Crippen molar-refractivity contribution in [3.05, 3.63) is 45.7 Å². The molecule has 1 aromatic carbocycles. The smallest absolute Gasteiger partial charge is 0.357 e. The number of aromatic nitrogens is 5. The Morgan fingerprint density at radius 1 is 1.36 bits per heavy atom. The molecule has 0 spiro atoms. The Bertz CT molecular complexity index is 1000. The zero-order valence-electron chi connectivity index (χ0n) is 15.3. The highest BCUT2D eigenvalue weighted by Gasteiger charge is 2.22. The van der Waals surface area contributed by atoms with Gasteiger partial charge < -0.3 is 4.74 Å². The fourth-order valence-electron chi connectivity index (χ4n) is 2.49. The van der Waals surface area contributed by atoms with Crippen molar-refractivity contribution in [1.29, 1.82) is 0 Å². The summed E-state index contributed by atoms with van der Waals surface area (Å²) >= 11 is 7.29. The molecule has 146 valence electrons. The maximum absolute atomic E-state index is 12.8. The van der Waals surface area contributed by atoms with E-state index in [-0.39, 0.29) is 5.69 Å². The van der Waals surface area contributed by atoms with Gasteiger partial charge in [-0.05, 0) is 41.0 Å². The molecule has 9 nitrogen and oxygen atoms in total. The Morgan fingerprint density at radius 3 is 2.79 bits per heavy atom. The van der Waals surface area contributed by atoms with E-state index in [1.165, 1.54) is 29.5 Å². The standard InChI is InChI=1S/C17H17ClN6O3S/c1-9(2)6-13-14(16(26)27-3)20-17(28-13)21-15(25)11-5-4-10(18)7-12(11)24-8-19-22-23-24/h4-5,7-9H,6H2,1-3H3,(H,20,21,25). The highest BCUT2D eigenvalue weighted by molar-refractivity contribution is 7.16. The topological polar surface area (TPSA) is 112 Å². The van der Waals surface area contributed by atoms with Crippen molar-refractivity contribution >= 4 is 39.9 Å². The number of methoxy groups -OCH3 is 1. The van der Waals surface area contributed by atoms with Gasteiger partial charge in [-0.15, -0.1) is 16.4 Å². The minimum Gasteiger partial charge on any atom is -0.464 e. The van der Waals surface area contributed by atoms with Crippen LogP contribution in [0.2, 0.25) is 5.02 Å². The summed E-state index contributed by atoms with van der Waals surface area (Å²) in [5.74, 6) is -0.646. The number of nitrogens with zero attached hydrogens (tertiary/aromatic N) is 5. The zero-order valence-corrected chi connectivity index (χ0v) is 16.9. The van der Waals surface area contributed by atoms with Crippen LogP contribution in [0.15, 0.2) is 24.5 Å². The van der Waals surface area contributed by atoms with Crippen molar-refractivity contribution in [3.8, 4) is 5.69 Å². The van der Waals surface area contributed by atoms with Gasteiger partial charge in [-0.1, -0.05) is 25.4 Å². The predicted molar refractivity (Wildman–Crippen MR) is 104 cm³/mol. The number of rotatable bonds is 6. The lowest BCUT2D eigenvalue weighted by molar-refractivity contribution is 0.0593. The van der Waals surface area contributed by atoms with Crippen LogP contribution in [-0.2, 0) is 11.2 Å². The summed E-state index contributed by atoms with van der Waals surface area (Å²) in [5.41, 5.74) is 0.937. The monoisotopic (exact) mass is 420 g/mol. The maximum Gasteiger partial charge on any atom is 0.357 e. The van der Waals surface area contributed by atoms with E-state index in [0.717, 1.165) is 4.88 Å². The third-order valence-corrected chi connectivity index (χ3v) is 4.92. The van der Waals surface area contributed by atoms with Crippen molar-refractivity contribution in [1.82, 2.24) is 25.2 Å². The van der Waals surface area contributed by atoms with E-state index >= 15 is 0 Å². The number of anilines is 1. The van der Waals surface area contributed by atoms with E-state index in [4.69, 9.17) is 16.3 Å². The summed E-state index contributed by atoms with van der Waals surface area (Å²) in [4.78, 5) is 29.8. The van der Waals surface area contributed by atoms with Crippen LogP contribution in [0.5, 0.6) is 0 Å².